The van der Waals surface area contributed by atoms with E-state index in [1.807, 2.05) is 48.2 Å². The van der Waals surface area contributed by atoms with E-state index >= 15 is 0 Å². The summed E-state index contributed by atoms with van der Waals surface area (Å²) in [6, 6.07) is 13.6. The smallest absolute Gasteiger partial charge is 0.258 e. The van der Waals surface area contributed by atoms with Gasteiger partial charge in [0.2, 0.25) is 0 Å². The van der Waals surface area contributed by atoms with Crippen LogP contribution in [0.4, 0.5) is 11.4 Å². The van der Waals surface area contributed by atoms with Crippen molar-refractivity contribution in [3.8, 4) is 0 Å². The second-order valence-electron chi connectivity index (χ2n) is 4.86. The van der Waals surface area contributed by atoms with E-state index in [0.717, 1.165) is 24.2 Å². The topological polar surface area (TPSA) is 46.3 Å². The van der Waals surface area contributed by atoms with Gasteiger partial charge in [0.1, 0.15) is 0 Å². The highest BCUT2D eigenvalue weighted by atomic mass is 16.2. The van der Waals surface area contributed by atoms with Crippen molar-refractivity contribution >= 4 is 17.3 Å². The summed E-state index contributed by atoms with van der Waals surface area (Å²) in [6.45, 7) is 2.64. The molecule has 0 spiro atoms. The predicted octanol–water partition coefficient (Wildman–Crippen LogP) is 2.78. The van der Waals surface area contributed by atoms with E-state index in [1.165, 1.54) is 5.56 Å². The van der Waals surface area contributed by atoms with Crippen LogP contribution < -0.4 is 10.6 Å². The summed E-state index contributed by atoms with van der Waals surface area (Å²) >= 11 is 0. The molecule has 2 N–H and O–H groups in total. The van der Waals surface area contributed by atoms with Gasteiger partial charge in [0.15, 0.2) is 0 Å². The molecule has 0 saturated carbocycles. The number of carbonyl (C=O) groups excluding carboxylic acids is 1. The van der Waals surface area contributed by atoms with Crippen LogP contribution in [0.5, 0.6) is 0 Å². The summed E-state index contributed by atoms with van der Waals surface area (Å²) in [7, 11) is 0. The zero-order valence-corrected chi connectivity index (χ0v) is 10.9. The van der Waals surface area contributed by atoms with Crippen molar-refractivity contribution in [2.45, 2.75) is 13.3 Å². The Kier molecular flexibility index (Phi) is 2.75. The van der Waals surface area contributed by atoms with Gasteiger partial charge in [0.05, 0.1) is 0 Å². The minimum Gasteiger partial charge on any atom is -0.398 e. The lowest BCUT2D eigenvalue weighted by Crippen LogP contribution is -2.29. The van der Waals surface area contributed by atoms with Crippen LogP contribution in [0.15, 0.2) is 42.5 Å². The summed E-state index contributed by atoms with van der Waals surface area (Å²) in [4.78, 5) is 14.5. The van der Waals surface area contributed by atoms with Gasteiger partial charge in [-0.25, -0.2) is 0 Å². The molecule has 3 heteroatoms. The highest BCUT2D eigenvalue weighted by molar-refractivity contribution is 6.08. The number of rotatable bonds is 1. The Labute approximate surface area is 112 Å². The maximum Gasteiger partial charge on any atom is 0.258 e. The highest BCUT2D eigenvalue weighted by Crippen LogP contribution is 2.29. The molecule has 1 heterocycles. The van der Waals surface area contributed by atoms with Gasteiger partial charge in [-0.2, -0.15) is 0 Å². The third-order valence-electron chi connectivity index (χ3n) is 3.74. The maximum atomic E-state index is 12.7. The number of hydrogen-bond acceptors (Lipinski definition) is 2. The van der Waals surface area contributed by atoms with Gasteiger partial charge < -0.3 is 10.6 Å². The van der Waals surface area contributed by atoms with Crippen LogP contribution in [0.1, 0.15) is 21.5 Å². The molecule has 3 nitrogen and oxygen atoms in total. The Hall–Kier alpha value is -2.29. The summed E-state index contributed by atoms with van der Waals surface area (Å²) in [5.41, 5.74) is 10.4. The Balaban J connectivity index is 2.00. The van der Waals surface area contributed by atoms with E-state index in [1.54, 1.807) is 0 Å². The second-order valence-corrected chi connectivity index (χ2v) is 4.86. The van der Waals surface area contributed by atoms with E-state index in [2.05, 4.69) is 6.07 Å². The zero-order valence-electron chi connectivity index (χ0n) is 10.9. The number of anilines is 2. The number of nitrogen functional groups attached to an aromatic ring is 1. The number of hydrogen-bond donors (Lipinski definition) is 1. The number of benzene rings is 2. The quantitative estimate of drug-likeness (QED) is 0.793. The molecule has 96 valence electrons. The lowest BCUT2D eigenvalue weighted by atomic mass is 10.1. The van der Waals surface area contributed by atoms with E-state index in [0.29, 0.717) is 11.3 Å². The van der Waals surface area contributed by atoms with Gasteiger partial charge in [-0.05, 0) is 42.7 Å². The average Bonchev–Trinajstić information content (AvgIpc) is 2.85. The van der Waals surface area contributed by atoms with E-state index in [9.17, 15) is 4.79 Å². The van der Waals surface area contributed by atoms with Crippen LogP contribution in [-0.2, 0) is 6.42 Å². The molecule has 0 atom stereocenters. The van der Waals surface area contributed by atoms with Crippen molar-refractivity contribution in [2.24, 2.45) is 0 Å². The van der Waals surface area contributed by atoms with E-state index in [4.69, 9.17) is 5.73 Å². The van der Waals surface area contributed by atoms with Gasteiger partial charge in [-0.3, -0.25) is 4.79 Å². The van der Waals surface area contributed by atoms with Gasteiger partial charge in [-0.15, -0.1) is 0 Å². The Morgan fingerprint density at radius 3 is 2.79 bits per heavy atom. The van der Waals surface area contributed by atoms with Gasteiger partial charge in [0, 0.05) is 23.5 Å². The predicted molar refractivity (Wildman–Crippen MR) is 77.4 cm³/mol. The van der Waals surface area contributed by atoms with E-state index in [-0.39, 0.29) is 5.91 Å². The molecule has 1 aliphatic heterocycles. The Bertz CT molecular complexity index is 649. The van der Waals surface area contributed by atoms with Gasteiger partial charge in [-0.1, -0.05) is 24.3 Å². The fourth-order valence-electron chi connectivity index (χ4n) is 2.58. The molecular formula is C16H16N2O. The minimum atomic E-state index is 0.0368. The number of nitrogens with two attached hydrogens (primary N) is 1. The molecular weight excluding hydrogens is 236 g/mol. The number of para-hydroxylation sites is 1. The maximum absolute atomic E-state index is 12.7. The molecule has 0 fully saturated rings. The Morgan fingerprint density at radius 2 is 1.95 bits per heavy atom. The summed E-state index contributed by atoms with van der Waals surface area (Å²) in [5.74, 6) is 0.0368. The SMILES string of the molecule is Cc1c(N)cccc1C(=O)N1CCc2ccccc21. The molecule has 2 aromatic carbocycles. The molecule has 0 bridgehead atoms. The van der Waals surface area contributed by atoms with Crippen LogP contribution in [0.2, 0.25) is 0 Å². The fourth-order valence-corrected chi connectivity index (χ4v) is 2.58. The molecule has 1 aliphatic rings. The number of amides is 1. The minimum absolute atomic E-state index is 0.0368. The third kappa shape index (κ3) is 1.87. The summed E-state index contributed by atoms with van der Waals surface area (Å²) in [6.07, 6.45) is 0.920. The van der Waals surface area contributed by atoms with E-state index < -0.39 is 0 Å². The lowest BCUT2D eigenvalue weighted by Gasteiger charge is -2.19. The lowest BCUT2D eigenvalue weighted by molar-refractivity contribution is 0.0989. The molecule has 0 saturated heterocycles. The first-order valence-corrected chi connectivity index (χ1v) is 6.43. The average molecular weight is 252 g/mol. The monoisotopic (exact) mass is 252 g/mol. The Morgan fingerprint density at radius 1 is 1.16 bits per heavy atom. The third-order valence-corrected chi connectivity index (χ3v) is 3.74. The van der Waals surface area contributed by atoms with Crippen LogP contribution >= 0.6 is 0 Å². The molecule has 2 aromatic rings. The van der Waals surface area contributed by atoms with Gasteiger partial charge in [0.25, 0.3) is 5.91 Å². The number of nitrogens with zero attached hydrogens (tertiary/aromatic N) is 1. The largest absolute Gasteiger partial charge is 0.398 e. The van der Waals surface area contributed by atoms with Crippen LogP contribution in [0.25, 0.3) is 0 Å². The molecule has 0 radical (unpaired) electrons. The first kappa shape index (κ1) is 11.8. The molecule has 0 aliphatic carbocycles. The van der Waals surface area contributed by atoms with Crippen LogP contribution in [0.3, 0.4) is 0 Å². The second kappa shape index (κ2) is 4.43. The van der Waals surface area contributed by atoms with Crippen LogP contribution in [0, 0.1) is 6.92 Å². The van der Waals surface area contributed by atoms with Crippen molar-refractivity contribution < 1.29 is 4.79 Å². The van der Waals surface area contributed by atoms with Crippen molar-refractivity contribution in [3.63, 3.8) is 0 Å². The molecule has 0 aromatic heterocycles. The zero-order chi connectivity index (χ0) is 13.4. The molecule has 0 unspecified atom stereocenters. The normalized spacial score (nSPS) is 13.4. The standard InChI is InChI=1S/C16H16N2O/c1-11-13(6-4-7-14(11)17)16(19)18-10-9-12-5-2-3-8-15(12)18/h2-8H,9-10,17H2,1H3. The molecule has 19 heavy (non-hydrogen) atoms. The number of carbonyl (C=O) groups is 1. The number of fused-ring (bicyclic) bond motifs is 1. The highest BCUT2D eigenvalue weighted by Gasteiger charge is 2.26. The molecule has 1 amide bonds. The summed E-state index contributed by atoms with van der Waals surface area (Å²) in [5, 5.41) is 0. The first-order valence-electron chi connectivity index (χ1n) is 6.43. The summed E-state index contributed by atoms with van der Waals surface area (Å²) < 4.78 is 0. The van der Waals surface area contributed by atoms with Crippen LogP contribution in [-0.4, -0.2) is 12.5 Å². The van der Waals surface area contributed by atoms with Gasteiger partial charge >= 0.3 is 0 Å². The molecule has 3 rings (SSSR count). The van der Waals surface area contributed by atoms with Crippen molar-refractivity contribution in [1.82, 2.24) is 0 Å². The van der Waals surface area contributed by atoms with Crippen molar-refractivity contribution in [2.75, 3.05) is 17.2 Å². The fraction of sp³-hybridized carbons (Fsp3) is 0.188. The van der Waals surface area contributed by atoms with Crippen molar-refractivity contribution in [1.29, 1.82) is 0 Å². The van der Waals surface area contributed by atoms with Crippen molar-refractivity contribution in [3.05, 3.63) is 59.2 Å². The first-order chi connectivity index (χ1) is 9.18.